The first-order valence-electron chi connectivity index (χ1n) is 5.82. The summed E-state index contributed by atoms with van der Waals surface area (Å²) in [5, 5.41) is 0. The van der Waals surface area contributed by atoms with Gasteiger partial charge in [-0.2, -0.15) is 0 Å². The van der Waals surface area contributed by atoms with Crippen molar-refractivity contribution >= 4 is 11.1 Å². The average Bonchev–Trinajstić information content (AvgIpc) is 3.15. The van der Waals surface area contributed by atoms with Gasteiger partial charge in [-0.25, -0.2) is 0 Å². The summed E-state index contributed by atoms with van der Waals surface area (Å²) in [6.07, 6.45) is 1.78. The Hall–Kier alpha value is -1.48. The van der Waals surface area contributed by atoms with Gasteiger partial charge in [0.15, 0.2) is 0 Å². The largest absolute Gasteiger partial charge is 1.00 e. The second kappa shape index (κ2) is 5.44. The predicted molar refractivity (Wildman–Crippen MR) is 72.1 cm³/mol. The molecule has 0 saturated heterocycles. The zero-order chi connectivity index (χ0) is 11.7. The first kappa shape index (κ1) is 13.0. The first-order chi connectivity index (χ1) is 8.42. The summed E-state index contributed by atoms with van der Waals surface area (Å²) in [5.74, 6) is 0.319. The van der Waals surface area contributed by atoms with Crippen molar-refractivity contribution < 1.29 is 18.9 Å². The van der Waals surface area contributed by atoms with Crippen LogP contribution >= 0.6 is 0 Å². The van der Waals surface area contributed by atoms with Gasteiger partial charge >= 0.3 is 18.9 Å². The fourth-order valence-electron chi connectivity index (χ4n) is 2.34. The van der Waals surface area contributed by atoms with E-state index in [1.165, 1.54) is 22.3 Å². The quantitative estimate of drug-likeness (QED) is 0.543. The second-order valence-corrected chi connectivity index (χ2v) is 4.23. The Morgan fingerprint density at radius 3 is 1.44 bits per heavy atom. The van der Waals surface area contributed by atoms with Crippen molar-refractivity contribution in [1.29, 1.82) is 0 Å². The minimum absolute atomic E-state index is 0. The Morgan fingerprint density at radius 2 is 1.11 bits per heavy atom. The third-order valence-corrected chi connectivity index (χ3v) is 3.19. The van der Waals surface area contributed by atoms with Crippen LogP contribution in [0.5, 0.6) is 0 Å². The van der Waals surface area contributed by atoms with Crippen LogP contribution in [0.2, 0.25) is 0 Å². The molecule has 0 N–H and O–H groups in total. The van der Waals surface area contributed by atoms with Crippen molar-refractivity contribution in [3.63, 3.8) is 0 Å². The van der Waals surface area contributed by atoms with E-state index < -0.39 is 0 Å². The molecule has 2 aromatic rings. The molecule has 0 nitrogen and oxygen atoms in total. The molecule has 0 bridgehead atoms. The van der Waals surface area contributed by atoms with Gasteiger partial charge in [0.25, 0.3) is 0 Å². The number of allylic oxidation sites excluding steroid dienone is 3. The van der Waals surface area contributed by atoms with Crippen LogP contribution in [0.4, 0.5) is 0 Å². The third-order valence-electron chi connectivity index (χ3n) is 3.19. The summed E-state index contributed by atoms with van der Waals surface area (Å²) in [6.45, 7) is 5.72. The maximum Gasteiger partial charge on any atom is 1.00 e. The van der Waals surface area contributed by atoms with E-state index >= 15 is 0 Å². The van der Waals surface area contributed by atoms with E-state index in [4.69, 9.17) is 6.58 Å². The number of rotatable bonds is 3. The standard InChI is InChI=1S/C17H13.Li/c1-2-15-16(13-9-5-3-6-10-13)17(15)14-11-7-4-8-12-14;/h1-12,15H;/q-1;+1. The summed E-state index contributed by atoms with van der Waals surface area (Å²) >= 11 is 0. The molecule has 18 heavy (non-hydrogen) atoms. The Bertz CT molecular complexity index is 518. The van der Waals surface area contributed by atoms with Gasteiger partial charge in [-0.3, -0.25) is 6.08 Å². The van der Waals surface area contributed by atoms with Crippen LogP contribution in [0.3, 0.4) is 0 Å². The molecular weight excluding hydrogens is 211 g/mol. The Labute approximate surface area is 120 Å². The normalized spacial score (nSPS) is 14.0. The molecule has 0 saturated carbocycles. The second-order valence-electron chi connectivity index (χ2n) is 4.23. The summed E-state index contributed by atoms with van der Waals surface area (Å²) in [7, 11) is 0. The Balaban J connectivity index is 0.00000120. The van der Waals surface area contributed by atoms with Gasteiger partial charge in [0.1, 0.15) is 0 Å². The van der Waals surface area contributed by atoms with Crippen molar-refractivity contribution in [2.45, 2.75) is 0 Å². The minimum Gasteiger partial charge on any atom is -0.517 e. The van der Waals surface area contributed by atoms with E-state index in [-0.39, 0.29) is 18.9 Å². The van der Waals surface area contributed by atoms with E-state index in [2.05, 4.69) is 48.5 Å². The molecule has 1 aliphatic carbocycles. The molecule has 2 aromatic carbocycles. The van der Waals surface area contributed by atoms with Crippen molar-refractivity contribution in [2.75, 3.05) is 0 Å². The van der Waals surface area contributed by atoms with E-state index in [0.29, 0.717) is 5.92 Å². The molecule has 0 unspecified atom stereocenters. The van der Waals surface area contributed by atoms with Gasteiger partial charge in [-0.15, -0.1) is 0 Å². The molecule has 82 valence electrons. The van der Waals surface area contributed by atoms with E-state index in [9.17, 15) is 0 Å². The van der Waals surface area contributed by atoms with Gasteiger partial charge in [-0.1, -0.05) is 60.7 Å². The number of hydrogen-bond donors (Lipinski definition) is 0. The van der Waals surface area contributed by atoms with Crippen LogP contribution in [-0.2, 0) is 0 Å². The van der Waals surface area contributed by atoms with Crippen LogP contribution in [-0.4, -0.2) is 0 Å². The molecule has 1 heteroatoms. The molecule has 3 rings (SSSR count). The monoisotopic (exact) mass is 224 g/mol. The molecule has 0 aromatic heterocycles. The molecule has 0 spiro atoms. The smallest absolute Gasteiger partial charge is 0.517 e. The number of benzene rings is 2. The van der Waals surface area contributed by atoms with E-state index in [1.807, 2.05) is 12.1 Å². The predicted octanol–water partition coefficient (Wildman–Crippen LogP) is 1.22. The van der Waals surface area contributed by atoms with Gasteiger partial charge in [0.2, 0.25) is 0 Å². The van der Waals surface area contributed by atoms with Crippen molar-refractivity contribution in [3.05, 3.63) is 84.4 Å². The first-order valence-corrected chi connectivity index (χ1v) is 5.82. The summed E-state index contributed by atoms with van der Waals surface area (Å²) in [5.41, 5.74) is 5.27. The SMILES string of the molecule is [CH-]=CC1C(c2ccccc2)=C1c1ccccc1.[Li+]. The fraction of sp³-hybridized carbons (Fsp3) is 0.0588. The molecule has 0 amide bonds. The molecular formula is C17H13Li. The molecule has 0 radical (unpaired) electrons. The summed E-state index contributed by atoms with van der Waals surface area (Å²) < 4.78 is 0. The van der Waals surface area contributed by atoms with Crippen molar-refractivity contribution in [3.8, 4) is 0 Å². The van der Waals surface area contributed by atoms with Gasteiger partial charge < -0.3 is 6.58 Å². The maximum absolute atomic E-state index is 5.72. The average molecular weight is 224 g/mol. The van der Waals surface area contributed by atoms with Crippen LogP contribution in [0.1, 0.15) is 11.1 Å². The van der Waals surface area contributed by atoms with E-state index in [1.54, 1.807) is 6.08 Å². The van der Waals surface area contributed by atoms with Crippen LogP contribution < -0.4 is 18.9 Å². The van der Waals surface area contributed by atoms with Crippen LogP contribution in [0.25, 0.3) is 11.1 Å². The van der Waals surface area contributed by atoms with Crippen molar-refractivity contribution in [2.24, 2.45) is 5.92 Å². The zero-order valence-electron chi connectivity index (χ0n) is 10.5. The minimum atomic E-state index is 0. The fourth-order valence-corrected chi connectivity index (χ4v) is 2.34. The maximum atomic E-state index is 5.72. The van der Waals surface area contributed by atoms with Crippen LogP contribution in [0.15, 0.2) is 66.7 Å². The summed E-state index contributed by atoms with van der Waals surface area (Å²) in [4.78, 5) is 0. The zero-order valence-corrected chi connectivity index (χ0v) is 10.5. The molecule has 0 heterocycles. The molecule has 0 atom stereocenters. The molecule has 0 fully saturated rings. The third kappa shape index (κ3) is 2.23. The van der Waals surface area contributed by atoms with Gasteiger partial charge in [-0.05, 0) is 28.2 Å². The Morgan fingerprint density at radius 1 is 0.722 bits per heavy atom. The van der Waals surface area contributed by atoms with Gasteiger partial charge in [0.05, 0.1) is 0 Å². The van der Waals surface area contributed by atoms with Crippen LogP contribution in [0, 0.1) is 12.5 Å². The van der Waals surface area contributed by atoms with Gasteiger partial charge in [0, 0.05) is 0 Å². The van der Waals surface area contributed by atoms with E-state index in [0.717, 1.165) is 0 Å². The Kier molecular flexibility index (Phi) is 3.92. The number of hydrogen-bond acceptors (Lipinski definition) is 0. The summed E-state index contributed by atoms with van der Waals surface area (Å²) in [6, 6.07) is 20.9. The molecule has 0 aliphatic heterocycles. The molecule has 1 aliphatic rings. The topological polar surface area (TPSA) is 0 Å². The van der Waals surface area contributed by atoms with Crippen molar-refractivity contribution in [1.82, 2.24) is 0 Å².